The molecule has 1 heterocycles. The van der Waals surface area contributed by atoms with E-state index in [1.807, 2.05) is 22.6 Å². The summed E-state index contributed by atoms with van der Waals surface area (Å²) in [6.45, 7) is 2.44. The molecule has 0 aliphatic carbocycles. The van der Waals surface area contributed by atoms with Crippen LogP contribution in [0.3, 0.4) is 0 Å². The molecule has 0 amide bonds. The molecule has 96 valence electrons. The van der Waals surface area contributed by atoms with Crippen molar-refractivity contribution in [2.45, 2.75) is 35.6 Å². The van der Waals surface area contributed by atoms with E-state index in [-0.39, 0.29) is 27.5 Å². The average molecular weight is 464 g/mol. The molecule has 0 saturated carbocycles. The van der Waals surface area contributed by atoms with Gasteiger partial charge in [0.15, 0.2) is 0 Å². The van der Waals surface area contributed by atoms with E-state index in [0.717, 1.165) is 11.4 Å². The van der Waals surface area contributed by atoms with Crippen LogP contribution < -0.4 is 25.0 Å². The number of halogens is 5. The molecule has 0 aromatic rings. The van der Waals surface area contributed by atoms with Gasteiger partial charge in [-0.1, -0.05) is 0 Å². The number of rotatable bonds is 3. The first kappa shape index (κ1) is 14.7. The van der Waals surface area contributed by atoms with Crippen LogP contribution >= 0.6 is 22.6 Å². The predicted molar refractivity (Wildman–Crippen MR) is 55.8 cm³/mol. The summed E-state index contributed by atoms with van der Waals surface area (Å²) in [5, 5.41) is 0. The molecule has 16 heavy (non-hydrogen) atoms. The van der Waals surface area contributed by atoms with E-state index in [9.17, 15) is 18.0 Å². The molecule has 0 spiro atoms. The van der Waals surface area contributed by atoms with Gasteiger partial charge >= 0.3 is 116 Å². The van der Waals surface area contributed by atoms with Crippen LogP contribution in [0, 0.1) is 0 Å². The minimum absolute atomic E-state index is 0.0613. The van der Waals surface area contributed by atoms with Crippen molar-refractivity contribution in [1.29, 1.82) is 0 Å². The Morgan fingerprint density at radius 1 is 1.62 bits per heavy atom. The summed E-state index contributed by atoms with van der Waals surface area (Å²) in [5.74, 6) is -0.806. The molecule has 1 rings (SSSR count). The fourth-order valence-electron chi connectivity index (χ4n) is 0.886. The summed E-state index contributed by atoms with van der Waals surface area (Å²) in [7, 11) is 0. The Hall–Kier alpha value is 0.680. The van der Waals surface area contributed by atoms with Gasteiger partial charge in [0.25, 0.3) is 0 Å². The molecule has 1 N–H and O–H groups in total. The van der Waals surface area contributed by atoms with Crippen LogP contribution in [0.1, 0.15) is 13.8 Å². The van der Waals surface area contributed by atoms with Crippen molar-refractivity contribution in [3.05, 3.63) is 0 Å². The van der Waals surface area contributed by atoms with Gasteiger partial charge in [-0.05, 0) is 0 Å². The quantitative estimate of drug-likeness (QED) is 0.243. The van der Waals surface area contributed by atoms with Gasteiger partial charge in [0, 0.05) is 0 Å². The van der Waals surface area contributed by atoms with Gasteiger partial charge in [-0.15, -0.1) is 0 Å². The van der Waals surface area contributed by atoms with Crippen molar-refractivity contribution in [3.63, 3.8) is 0 Å². The molecule has 1 aliphatic rings. The van der Waals surface area contributed by atoms with Crippen LogP contribution in [0.15, 0.2) is 0 Å². The Bertz CT molecular complexity index is 279. The van der Waals surface area contributed by atoms with Crippen LogP contribution in [-0.4, -0.2) is 32.1 Å². The number of carbonyl (C=O) groups excluding carboxylic acids is 1. The summed E-state index contributed by atoms with van der Waals surface area (Å²) in [4.78, 5) is 11.6. The summed E-state index contributed by atoms with van der Waals surface area (Å²) in [5.41, 5.74) is 0. The Morgan fingerprint density at radius 3 is 2.44 bits per heavy atom. The number of hydrogen-bond donors (Lipinski definition) is 1. The summed E-state index contributed by atoms with van der Waals surface area (Å²) in [6, 6.07) is -0.0613. The van der Waals surface area contributed by atoms with Crippen molar-refractivity contribution >= 4 is 28.6 Å². The third-order valence-corrected chi connectivity index (χ3v) is 5.94. The molecule has 3 nitrogen and oxygen atoms in total. The van der Waals surface area contributed by atoms with E-state index < -0.39 is 21.7 Å². The fourth-order valence-corrected chi connectivity index (χ4v) is 5.21. The summed E-state index contributed by atoms with van der Waals surface area (Å²) < 4.78 is 44.1. The van der Waals surface area contributed by atoms with Crippen molar-refractivity contribution in [3.8, 4) is 0 Å². The molecule has 1 fully saturated rings. The minimum atomic E-state index is -4.50. The number of hydrogen-bond acceptors (Lipinski definition) is 3. The first-order chi connectivity index (χ1) is 7.15. The zero-order valence-electron chi connectivity index (χ0n) is 8.57. The van der Waals surface area contributed by atoms with Crippen LogP contribution in [0.25, 0.3) is 0 Å². The van der Waals surface area contributed by atoms with Crippen LogP contribution in [-0.2, 0) is 9.53 Å². The van der Waals surface area contributed by atoms with Crippen molar-refractivity contribution in [2.75, 3.05) is 4.43 Å². The Kier molecular flexibility index (Phi) is 4.72. The van der Waals surface area contributed by atoms with Gasteiger partial charge in [-0.3, -0.25) is 0 Å². The molecule has 1 aliphatic heterocycles. The first-order valence-electron chi connectivity index (χ1n) is 4.46. The Labute approximate surface area is 116 Å². The van der Waals surface area contributed by atoms with Crippen LogP contribution in [0.2, 0.25) is 0 Å². The molecule has 0 radical (unpaired) electrons. The van der Waals surface area contributed by atoms with E-state index in [2.05, 4.69) is 8.27 Å². The second kappa shape index (κ2) is 5.12. The van der Waals surface area contributed by atoms with Gasteiger partial charge < -0.3 is 0 Å². The second-order valence-corrected chi connectivity index (χ2v) is 8.12. The van der Waals surface area contributed by atoms with Crippen LogP contribution in [0.4, 0.5) is 13.2 Å². The number of ether oxygens (including phenoxy) is 1. The zero-order chi connectivity index (χ0) is 12.6. The number of esters is 1. The SMILES string of the molecule is CC(OC(=O)C(C)(I)C1C[I-]N1)C(F)(F)F. The number of alkyl halides is 5. The van der Waals surface area contributed by atoms with E-state index in [0.29, 0.717) is 0 Å². The molecule has 3 atom stereocenters. The maximum atomic E-state index is 12.2. The van der Waals surface area contributed by atoms with E-state index in [1.54, 1.807) is 6.92 Å². The van der Waals surface area contributed by atoms with Crippen molar-refractivity contribution in [1.82, 2.24) is 3.53 Å². The topological polar surface area (TPSA) is 38.3 Å². The first-order valence-corrected chi connectivity index (χ1v) is 8.14. The summed E-state index contributed by atoms with van der Waals surface area (Å²) >= 11 is 1.78. The standard InChI is InChI=1S/C8H11F3I2NO2/c1-4(8(9,10)11)16-6(15)7(2,12)5-3-13-14-5/h4-5,14H,3H2,1-2H3/q-1. The monoisotopic (exact) mass is 464 g/mol. The fraction of sp³-hybridized carbons (Fsp3) is 0.875. The molecule has 0 aromatic heterocycles. The second-order valence-electron chi connectivity index (χ2n) is 3.61. The molecule has 0 bridgehead atoms. The van der Waals surface area contributed by atoms with Crippen molar-refractivity contribution < 1.29 is 44.2 Å². The molecule has 0 aromatic carbocycles. The average Bonchev–Trinajstić information content (AvgIpc) is 1.97. The third kappa shape index (κ3) is 3.34. The third-order valence-electron chi connectivity index (χ3n) is 2.24. The molecular weight excluding hydrogens is 453 g/mol. The molecule has 3 unspecified atom stereocenters. The van der Waals surface area contributed by atoms with E-state index >= 15 is 0 Å². The number of nitrogens with one attached hydrogen (secondary N) is 1. The van der Waals surface area contributed by atoms with E-state index in [4.69, 9.17) is 0 Å². The Morgan fingerprint density at radius 2 is 2.12 bits per heavy atom. The molecule has 8 heteroatoms. The van der Waals surface area contributed by atoms with E-state index in [1.165, 1.54) is 0 Å². The predicted octanol–water partition coefficient (Wildman–Crippen LogP) is -1.35. The van der Waals surface area contributed by atoms with Gasteiger partial charge in [-0.2, -0.15) is 0 Å². The normalized spacial score (nSPS) is 27.0. The van der Waals surface area contributed by atoms with Gasteiger partial charge in [0.1, 0.15) is 0 Å². The zero-order valence-corrected chi connectivity index (χ0v) is 12.9. The molecule has 1 saturated heterocycles. The van der Waals surface area contributed by atoms with Gasteiger partial charge in [0.2, 0.25) is 0 Å². The molecular formula is C8H11F3I2NO2-. The summed E-state index contributed by atoms with van der Waals surface area (Å²) in [6.07, 6.45) is -6.55. The van der Waals surface area contributed by atoms with Crippen molar-refractivity contribution in [2.24, 2.45) is 0 Å². The maximum absolute atomic E-state index is 12.2. The Balaban J connectivity index is 2.57. The number of carbonyl (C=O) groups is 1. The van der Waals surface area contributed by atoms with Gasteiger partial charge in [-0.25, -0.2) is 0 Å². The van der Waals surface area contributed by atoms with Gasteiger partial charge in [0.05, 0.1) is 0 Å². The van der Waals surface area contributed by atoms with Crippen LogP contribution in [0.5, 0.6) is 0 Å².